The minimum Gasteiger partial charge on any atom is -0.460 e. The number of aryl methyl sites for hydroxylation is 1. The monoisotopic (exact) mass is 544 g/mol. The number of carbonyl (C=O) groups excluding carboxylic acids is 2. The van der Waals surface area contributed by atoms with Gasteiger partial charge in [-0.3, -0.25) is 9.59 Å². The van der Waals surface area contributed by atoms with Crippen LogP contribution in [-0.4, -0.2) is 31.5 Å². The van der Waals surface area contributed by atoms with Gasteiger partial charge in [-0.2, -0.15) is 0 Å². The fourth-order valence-electron chi connectivity index (χ4n) is 3.66. The van der Waals surface area contributed by atoms with Crippen molar-refractivity contribution in [1.29, 1.82) is 0 Å². The van der Waals surface area contributed by atoms with Crippen LogP contribution in [0.1, 0.15) is 81.4 Å². The summed E-state index contributed by atoms with van der Waals surface area (Å²) >= 11 is 6.00. The molecule has 0 fully saturated rings. The van der Waals surface area contributed by atoms with E-state index in [2.05, 4.69) is 9.88 Å². The number of halogens is 1. The first-order chi connectivity index (χ1) is 17.2. The van der Waals surface area contributed by atoms with Gasteiger partial charge in [-0.25, -0.2) is 8.93 Å². The van der Waals surface area contributed by atoms with Crippen LogP contribution in [0.5, 0.6) is 0 Å². The van der Waals surface area contributed by atoms with E-state index in [1.54, 1.807) is 70.2 Å². The summed E-state index contributed by atoms with van der Waals surface area (Å²) < 4.78 is 26.6. The quantitative estimate of drug-likeness (QED) is 0.262. The zero-order chi connectivity index (χ0) is 27.5. The third kappa shape index (κ3) is 7.37. The minimum absolute atomic E-state index is 0.134. The Morgan fingerprint density at radius 2 is 1.68 bits per heavy atom. The maximum atomic E-state index is 13.5. The number of nitrogens with zero attached hydrogens (tertiary/aromatic N) is 1. The highest BCUT2D eigenvalue weighted by atomic mass is 35.5. The number of ketones is 1. The topological polar surface area (TPSA) is 98.5 Å². The lowest BCUT2D eigenvalue weighted by Crippen LogP contribution is -2.37. The molecule has 2 aromatic carbocycles. The van der Waals surface area contributed by atoms with Gasteiger partial charge in [-0.1, -0.05) is 41.0 Å². The number of benzene rings is 2. The molecule has 0 spiro atoms. The summed E-state index contributed by atoms with van der Waals surface area (Å²) in [4.78, 5) is 26.3. The van der Waals surface area contributed by atoms with Crippen LogP contribution in [0.15, 0.2) is 53.1 Å². The van der Waals surface area contributed by atoms with Crippen LogP contribution in [0.4, 0.5) is 0 Å². The lowest BCUT2D eigenvalue weighted by Gasteiger charge is -2.25. The molecule has 9 heteroatoms. The summed E-state index contributed by atoms with van der Waals surface area (Å²) in [6, 6.07) is 13.0. The minimum atomic E-state index is -1.53. The van der Waals surface area contributed by atoms with E-state index in [4.69, 9.17) is 20.9 Å². The Kier molecular flexibility index (Phi) is 8.78. The van der Waals surface area contributed by atoms with Crippen molar-refractivity contribution in [2.24, 2.45) is 0 Å². The summed E-state index contributed by atoms with van der Waals surface area (Å²) in [6.07, 6.45) is -0.134. The van der Waals surface area contributed by atoms with Gasteiger partial charge in [-0.15, -0.1) is 0 Å². The summed E-state index contributed by atoms with van der Waals surface area (Å²) in [6.45, 7) is 12.6. The van der Waals surface area contributed by atoms with E-state index in [1.165, 1.54) is 0 Å². The zero-order valence-electron chi connectivity index (χ0n) is 22.2. The van der Waals surface area contributed by atoms with Gasteiger partial charge in [0.1, 0.15) is 17.1 Å². The van der Waals surface area contributed by atoms with Gasteiger partial charge in [0, 0.05) is 21.7 Å². The molecule has 0 unspecified atom stereocenters. The number of carbonyl (C=O) groups is 2. The first-order valence-electron chi connectivity index (χ1n) is 11.9. The highest BCUT2D eigenvalue weighted by Gasteiger charge is 2.32. The zero-order valence-corrected chi connectivity index (χ0v) is 23.8. The van der Waals surface area contributed by atoms with E-state index in [1.807, 2.05) is 26.8 Å². The molecule has 1 heterocycles. The van der Waals surface area contributed by atoms with E-state index in [-0.39, 0.29) is 12.2 Å². The molecule has 0 bridgehead atoms. The van der Waals surface area contributed by atoms with E-state index >= 15 is 0 Å². The molecule has 0 aliphatic heterocycles. The summed E-state index contributed by atoms with van der Waals surface area (Å²) in [7, 11) is -1.53. The van der Waals surface area contributed by atoms with Crippen LogP contribution in [0, 0.1) is 6.92 Å². The van der Waals surface area contributed by atoms with Crippen LogP contribution in [0.2, 0.25) is 5.02 Å². The number of rotatable bonds is 8. The Morgan fingerprint density at radius 3 is 2.27 bits per heavy atom. The Labute approximate surface area is 225 Å². The van der Waals surface area contributed by atoms with Gasteiger partial charge in [-0.05, 0) is 78.3 Å². The molecule has 0 radical (unpaired) electrons. The predicted molar refractivity (Wildman–Crippen MR) is 146 cm³/mol. The van der Waals surface area contributed by atoms with Crippen molar-refractivity contribution >= 4 is 34.3 Å². The van der Waals surface area contributed by atoms with Crippen LogP contribution >= 0.6 is 11.6 Å². The van der Waals surface area contributed by atoms with Crippen LogP contribution in [0.25, 0.3) is 11.1 Å². The van der Waals surface area contributed by atoms with Gasteiger partial charge in [0.2, 0.25) is 0 Å². The molecule has 3 rings (SSSR count). The van der Waals surface area contributed by atoms with Crippen molar-refractivity contribution in [3.05, 3.63) is 76.1 Å². The lowest BCUT2D eigenvalue weighted by atomic mass is 9.91. The van der Waals surface area contributed by atoms with Crippen LogP contribution in [0.3, 0.4) is 0 Å². The average molecular weight is 545 g/mol. The maximum Gasteiger partial charge on any atom is 0.308 e. The van der Waals surface area contributed by atoms with Crippen molar-refractivity contribution < 1.29 is 23.1 Å². The third-order valence-corrected chi connectivity index (χ3v) is 7.23. The lowest BCUT2D eigenvalue weighted by molar-refractivity contribution is -0.155. The molecule has 1 N–H and O–H groups in total. The predicted octanol–water partition coefficient (Wildman–Crippen LogP) is 6.36. The standard InChI is InChI=1S/C28H33ClN2O5S/c1-17-24(20-10-8-9-11-21(20)26(33)18-12-14-19(29)15-13-18)25(30-36-17)22(31-37(34)28(5,6)7)16-23(32)35-27(2,3)4/h8-15,22,31H,16H2,1-7H3/t22-,37+/m0/s1. The van der Waals surface area contributed by atoms with Gasteiger partial charge < -0.3 is 9.26 Å². The van der Waals surface area contributed by atoms with Crippen LogP contribution < -0.4 is 4.72 Å². The molecule has 37 heavy (non-hydrogen) atoms. The number of aromatic nitrogens is 1. The fourth-order valence-corrected chi connectivity index (χ4v) is 4.59. The molecular weight excluding hydrogens is 512 g/mol. The summed E-state index contributed by atoms with van der Waals surface area (Å²) in [5.74, 6) is -0.217. The highest BCUT2D eigenvalue weighted by molar-refractivity contribution is 7.84. The van der Waals surface area contributed by atoms with Crippen LogP contribution in [-0.2, 0) is 20.5 Å². The Balaban J connectivity index is 2.10. The second-order valence-electron chi connectivity index (χ2n) is 10.7. The largest absolute Gasteiger partial charge is 0.460 e. The SMILES string of the molecule is Cc1onc([C@H](CC(=O)OC(C)(C)C)N[S@](=O)C(C)(C)C)c1-c1ccccc1C(=O)c1ccc(Cl)cc1. The molecule has 0 saturated heterocycles. The Morgan fingerprint density at radius 1 is 1.05 bits per heavy atom. The van der Waals surface area contributed by atoms with Crippen molar-refractivity contribution in [3.8, 4) is 11.1 Å². The molecular formula is C28H33ClN2O5S. The molecule has 3 aromatic rings. The fraction of sp³-hybridized carbons (Fsp3) is 0.393. The number of nitrogens with one attached hydrogen (secondary N) is 1. The number of ether oxygens (including phenoxy) is 1. The number of esters is 1. The second-order valence-corrected chi connectivity index (χ2v) is 13.2. The summed E-state index contributed by atoms with van der Waals surface area (Å²) in [5.41, 5.74) is 1.75. The summed E-state index contributed by atoms with van der Waals surface area (Å²) in [5, 5.41) is 4.79. The smallest absolute Gasteiger partial charge is 0.308 e. The molecule has 198 valence electrons. The van der Waals surface area contributed by atoms with Gasteiger partial charge in [0.05, 0.1) is 28.2 Å². The molecule has 0 aliphatic rings. The highest BCUT2D eigenvalue weighted by Crippen LogP contribution is 2.36. The second kappa shape index (κ2) is 11.3. The average Bonchev–Trinajstić information content (AvgIpc) is 3.18. The first-order valence-corrected chi connectivity index (χ1v) is 13.5. The van der Waals surface area contributed by atoms with Gasteiger partial charge in [0.15, 0.2) is 5.78 Å². The third-order valence-electron chi connectivity index (χ3n) is 5.36. The Hall–Kier alpha value is -2.81. The first kappa shape index (κ1) is 28.8. The molecule has 0 amide bonds. The van der Waals surface area contributed by atoms with E-state index in [0.29, 0.717) is 38.7 Å². The molecule has 2 atom stereocenters. The molecule has 0 aliphatic carbocycles. The van der Waals surface area contributed by atoms with Crippen molar-refractivity contribution in [1.82, 2.24) is 9.88 Å². The van der Waals surface area contributed by atoms with E-state index < -0.39 is 33.3 Å². The van der Waals surface area contributed by atoms with Gasteiger partial charge >= 0.3 is 5.97 Å². The molecule has 0 saturated carbocycles. The van der Waals surface area contributed by atoms with Crippen molar-refractivity contribution in [2.45, 2.75) is 71.3 Å². The normalized spacial score (nSPS) is 13.7. The van der Waals surface area contributed by atoms with Gasteiger partial charge in [0.25, 0.3) is 0 Å². The van der Waals surface area contributed by atoms with Crippen molar-refractivity contribution in [2.75, 3.05) is 0 Å². The number of hydrogen-bond acceptors (Lipinski definition) is 6. The van der Waals surface area contributed by atoms with E-state index in [0.717, 1.165) is 0 Å². The number of hydrogen-bond donors (Lipinski definition) is 1. The molecule has 7 nitrogen and oxygen atoms in total. The van der Waals surface area contributed by atoms with E-state index in [9.17, 15) is 13.8 Å². The Bertz CT molecular complexity index is 1300. The molecule has 1 aromatic heterocycles. The van der Waals surface area contributed by atoms with Crippen molar-refractivity contribution in [3.63, 3.8) is 0 Å². The maximum absolute atomic E-state index is 13.5.